The van der Waals surface area contributed by atoms with Crippen molar-refractivity contribution in [3.63, 3.8) is 0 Å². The summed E-state index contributed by atoms with van der Waals surface area (Å²) in [7, 11) is 0. The van der Waals surface area contributed by atoms with Crippen molar-refractivity contribution in [3.8, 4) is 0 Å². The van der Waals surface area contributed by atoms with Crippen molar-refractivity contribution in [1.29, 1.82) is 0 Å². The zero-order valence-electron chi connectivity index (χ0n) is 10.2. The summed E-state index contributed by atoms with van der Waals surface area (Å²) >= 11 is 2.02. The highest BCUT2D eigenvalue weighted by molar-refractivity contribution is 7.99. The van der Waals surface area contributed by atoms with Crippen LogP contribution in [0.2, 0.25) is 0 Å². The van der Waals surface area contributed by atoms with Crippen LogP contribution in [0.5, 0.6) is 0 Å². The van der Waals surface area contributed by atoms with Crippen LogP contribution in [0.1, 0.15) is 26.7 Å². The van der Waals surface area contributed by atoms with Gasteiger partial charge in [0.25, 0.3) is 0 Å². The second-order valence-electron chi connectivity index (χ2n) is 4.81. The topological polar surface area (TPSA) is 3.24 Å². The fourth-order valence-electron chi connectivity index (χ4n) is 2.27. The molecule has 1 aliphatic heterocycles. The number of benzene rings is 1. The second-order valence-corrected chi connectivity index (χ2v) is 6.00. The molecule has 0 bridgehead atoms. The molecule has 2 heteroatoms. The zero-order valence-corrected chi connectivity index (χ0v) is 11.0. The lowest BCUT2D eigenvalue weighted by molar-refractivity contribution is 0.268. The van der Waals surface area contributed by atoms with Gasteiger partial charge < -0.3 is 0 Å². The quantitative estimate of drug-likeness (QED) is 0.729. The average Bonchev–Trinajstić information content (AvgIpc) is 2.80. The molecule has 1 unspecified atom stereocenters. The van der Waals surface area contributed by atoms with E-state index < -0.39 is 0 Å². The first-order valence-corrected chi connectivity index (χ1v) is 7.11. The number of nitrogens with zero attached hydrogens (tertiary/aromatic N) is 1. The first-order chi connectivity index (χ1) is 7.77. The van der Waals surface area contributed by atoms with E-state index in [-0.39, 0.29) is 0 Å². The Morgan fingerprint density at radius 1 is 1.06 bits per heavy atom. The summed E-state index contributed by atoms with van der Waals surface area (Å²) in [4.78, 5) is 4.04. The van der Waals surface area contributed by atoms with E-state index in [0.717, 1.165) is 0 Å². The normalized spacial score (nSPS) is 19.2. The van der Waals surface area contributed by atoms with Crippen molar-refractivity contribution in [3.05, 3.63) is 30.3 Å². The maximum Gasteiger partial charge on any atom is 0.0627 e. The summed E-state index contributed by atoms with van der Waals surface area (Å²) in [6, 6.07) is 10.8. The molecular weight excluding hydrogens is 214 g/mol. The van der Waals surface area contributed by atoms with Crippen molar-refractivity contribution in [2.24, 2.45) is 5.92 Å². The van der Waals surface area contributed by atoms with Crippen molar-refractivity contribution >= 4 is 11.8 Å². The molecule has 88 valence electrons. The summed E-state index contributed by atoms with van der Waals surface area (Å²) in [6.07, 6.45) is 2.75. The van der Waals surface area contributed by atoms with Crippen LogP contribution in [-0.2, 0) is 0 Å². The number of likely N-dealkylation sites (tertiary alicyclic amines) is 1. The number of rotatable bonds is 4. The Hall–Kier alpha value is -0.470. The molecule has 1 atom stereocenters. The number of hydrogen-bond acceptors (Lipinski definition) is 2. The molecule has 1 saturated heterocycles. The predicted octanol–water partition coefficient (Wildman–Crippen LogP) is 3.86. The van der Waals surface area contributed by atoms with Crippen LogP contribution >= 0.6 is 11.8 Å². The summed E-state index contributed by atoms with van der Waals surface area (Å²) in [5.74, 6) is 0.711. The summed E-state index contributed by atoms with van der Waals surface area (Å²) in [6.45, 7) is 7.23. The monoisotopic (exact) mass is 235 g/mol. The Bertz CT molecular complexity index is 304. The lowest BCUT2D eigenvalue weighted by atomic mass is 10.2. The van der Waals surface area contributed by atoms with E-state index in [1.54, 1.807) is 0 Å². The van der Waals surface area contributed by atoms with E-state index in [1.165, 1.54) is 30.8 Å². The molecule has 0 aromatic heterocycles. The molecular formula is C14H21NS. The first-order valence-electron chi connectivity index (χ1n) is 6.23. The highest BCUT2D eigenvalue weighted by Crippen LogP contribution is 2.32. The van der Waals surface area contributed by atoms with Gasteiger partial charge in [-0.05, 0) is 44.0 Å². The molecule has 0 saturated carbocycles. The molecule has 0 N–H and O–H groups in total. The molecule has 0 spiro atoms. The van der Waals surface area contributed by atoms with Crippen molar-refractivity contribution in [2.45, 2.75) is 37.0 Å². The molecule has 1 aromatic carbocycles. The lowest BCUT2D eigenvalue weighted by Gasteiger charge is -2.30. The van der Waals surface area contributed by atoms with Crippen LogP contribution < -0.4 is 0 Å². The van der Waals surface area contributed by atoms with Gasteiger partial charge in [0.1, 0.15) is 0 Å². The molecule has 2 rings (SSSR count). The van der Waals surface area contributed by atoms with Gasteiger partial charge in [0.2, 0.25) is 0 Å². The molecule has 0 radical (unpaired) electrons. The summed E-state index contributed by atoms with van der Waals surface area (Å²) < 4.78 is 0. The molecule has 1 fully saturated rings. The molecule has 1 heterocycles. The molecule has 1 nitrogen and oxygen atoms in total. The van der Waals surface area contributed by atoms with Gasteiger partial charge in [-0.15, -0.1) is 11.8 Å². The Kier molecular flexibility index (Phi) is 4.30. The smallest absolute Gasteiger partial charge is 0.0627 e. The van der Waals surface area contributed by atoms with E-state index in [1.807, 2.05) is 11.8 Å². The maximum absolute atomic E-state index is 2.64. The predicted molar refractivity (Wildman–Crippen MR) is 71.7 cm³/mol. The van der Waals surface area contributed by atoms with Crippen LogP contribution in [-0.4, -0.2) is 23.4 Å². The van der Waals surface area contributed by atoms with Gasteiger partial charge in [-0.3, -0.25) is 4.90 Å². The molecule has 16 heavy (non-hydrogen) atoms. The van der Waals surface area contributed by atoms with Crippen molar-refractivity contribution < 1.29 is 0 Å². The van der Waals surface area contributed by atoms with Crippen LogP contribution in [0.25, 0.3) is 0 Å². The minimum atomic E-state index is 0.643. The number of hydrogen-bond donors (Lipinski definition) is 0. The van der Waals surface area contributed by atoms with Crippen molar-refractivity contribution in [1.82, 2.24) is 4.90 Å². The van der Waals surface area contributed by atoms with E-state index >= 15 is 0 Å². The van der Waals surface area contributed by atoms with Crippen molar-refractivity contribution in [2.75, 3.05) is 13.1 Å². The van der Waals surface area contributed by atoms with Gasteiger partial charge in [0, 0.05) is 4.90 Å². The SMILES string of the molecule is CC(C)C(Sc1ccccc1)N1CCCC1. The third-order valence-electron chi connectivity index (χ3n) is 3.07. The number of thioether (sulfide) groups is 1. The van der Waals surface area contributed by atoms with Crippen LogP contribution in [0.3, 0.4) is 0 Å². The summed E-state index contributed by atoms with van der Waals surface area (Å²) in [5.41, 5.74) is 0. The van der Waals surface area contributed by atoms with E-state index in [9.17, 15) is 0 Å². The fraction of sp³-hybridized carbons (Fsp3) is 0.571. The minimum absolute atomic E-state index is 0.643. The Morgan fingerprint density at radius 2 is 1.69 bits per heavy atom. The van der Waals surface area contributed by atoms with Gasteiger partial charge in [-0.2, -0.15) is 0 Å². The average molecular weight is 235 g/mol. The van der Waals surface area contributed by atoms with Gasteiger partial charge in [-0.1, -0.05) is 32.0 Å². The largest absolute Gasteiger partial charge is 0.291 e. The molecule has 1 aromatic rings. The highest BCUT2D eigenvalue weighted by atomic mass is 32.2. The third-order valence-corrected chi connectivity index (χ3v) is 4.70. The van der Waals surface area contributed by atoms with Gasteiger partial charge in [0.05, 0.1) is 5.37 Å². The summed E-state index contributed by atoms with van der Waals surface area (Å²) in [5, 5.41) is 0.643. The van der Waals surface area contributed by atoms with Crippen LogP contribution in [0, 0.1) is 5.92 Å². The minimum Gasteiger partial charge on any atom is -0.291 e. The highest BCUT2D eigenvalue weighted by Gasteiger charge is 2.25. The van der Waals surface area contributed by atoms with Gasteiger partial charge in [0.15, 0.2) is 0 Å². The standard InChI is InChI=1S/C14H21NS/c1-12(2)14(15-10-6-7-11-15)16-13-8-4-3-5-9-13/h3-5,8-9,12,14H,6-7,10-11H2,1-2H3. The Morgan fingerprint density at radius 3 is 2.25 bits per heavy atom. The second kappa shape index (κ2) is 5.74. The van der Waals surface area contributed by atoms with Gasteiger partial charge in [-0.25, -0.2) is 0 Å². The molecule has 0 amide bonds. The fourth-order valence-corrected chi connectivity index (χ4v) is 3.49. The zero-order chi connectivity index (χ0) is 11.4. The van der Waals surface area contributed by atoms with E-state index in [2.05, 4.69) is 49.1 Å². The van der Waals surface area contributed by atoms with E-state index in [0.29, 0.717) is 11.3 Å². The first kappa shape index (κ1) is 12.0. The van der Waals surface area contributed by atoms with Gasteiger partial charge >= 0.3 is 0 Å². The molecule has 1 aliphatic rings. The van der Waals surface area contributed by atoms with Crippen LogP contribution in [0.15, 0.2) is 35.2 Å². The van der Waals surface area contributed by atoms with E-state index in [4.69, 9.17) is 0 Å². The van der Waals surface area contributed by atoms with Crippen LogP contribution in [0.4, 0.5) is 0 Å². The maximum atomic E-state index is 2.64. The molecule has 0 aliphatic carbocycles. The Balaban J connectivity index is 2.02. The Labute approximate surface area is 103 Å². The third kappa shape index (κ3) is 3.02. The lowest BCUT2D eigenvalue weighted by Crippen LogP contribution is -2.34.